The number of nitrogens with one attached hydrogen (secondary N) is 1. The van der Waals surface area contributed by atoms with Crippen LogP contribution in [-0.4, -0.2) is 30.6 Å². The van der Waals surface area contributed by atoms with Crippen molar-refractivity contribution in [1.82, 2.24) is 10.2 Å². The van der Waals surface area contributed by atoms with E-state index in [2.05, 4.69) is 33.1 Å². The Morgan fingerprint density at radius 3 is 2.57 bits per heavy atom. The van der Waals surface area contributed by atoms with E-state index in [9.17, 15) is 13.2 Å². The standard InChI is InChI=1S/C13H16BrF3N2.2ClH/c1-9-7-18-4-5-19(9)8-10-6-11(13(15,16)17)2-3-12(10)14;;/h2-3,6,9,18H,4-5,7-8H2,1H3;2*1H/t9-;;/m0../s1. The minimum atomic E-state index is -4.29. The molecule has 1 heterocycles. The second kappa shape index (κ2) is 8.58. The number of nitrogens with zero attached hydrogens (tertiary/aromatic N) is 1. The summed E-state index contributed by atoms with van der Waals surface area (Å²) in [5, 5.41) is 3.27. The Morgan fingerprint density at radius 1 is 1.33 bits per heavy atom. The van der Waals surface area contributed by atoms with Gasteiger partial charge in [0.25, 0.3) is 0 Å². The molecular formula is C13H18BrCl2F3N2. The lowest BCUT2D eigenvalue weighted by Crippen LogP contribution is -2.49. The smallest absolute Gasteiger partial charge is 0.314 e. The first-order valence-electron chi connectivity index (χ1n) is 6.18. The first-order chi connectivity index (χ1) is 8.88. The van der Waals surface area contributed by atoms with E-state index in [4.69, 9.17) is 0 Å². The number of alkyl halides is 3. The van der Waals surface area contributed by atoms with Gasteiger partial charge in [-0.1, -0.05) is 15.9 Å². The summed E-state index contributed by atoms with van der Waals surface area (Å²) in [4.78, 5) is 2.19. The van der Waals surface area contributed by atoms with E-state index in [1.54, 1.807) is 0 Å². The summed E-state index contributed by atoms with van der Waals surface area (Å²) in [7, 11) is 0. The molecular weight excluding hydrogens is 392 g/mol. The van der Waals surface area contributed by atoms with Crippen LogP contribution in [-0.2, 0) is 12.7 Å². The van der Waals surface area contributed by atoms with Crippen molar-refractivity contribution in [2.75, 3.05) is 19.6 Å². The second-order valence-corrected chi connectivity index (χ2v) is 5.68. The molecule has 2 nitrogen and oxygen atoms in total. The molecule has 1 aliphatic rings. The maximum absolute atomic E-state index is 12.7. The monoisotopic (exact) mass is 408 g/mol. The maximum atomic E-state index is 12.7. The number of halogens is 6. The molecule has 0 bridgehead atoms. The molecule has 0 aromatic heterocycles. The lowest BCUT2D eigenvalue weighted by Gasteiger charge is -2.34. The molecule has 0 aliphatic carbocycles. The quantitative estimate of drug-likeness (QED) is 0.790. The van der Waals surface area contributed by atoms with Gasteiger partial charge in [-0.3, -0.25) is 4.90 Å². The van der Waals surface area contributed by atoms with Gasteiger partial charge in [0.15, 0.2) is 0 Å². The first kappa shape index (κ1) is 21.0. The Hall–Kier alpha value is -0.0100. The maximum Gasteiger partial charge on any atom is 0.416 e. The van der Waals surface area contributed by atoms with E-state index < -0.39 is 11.7 Å². The zero-order valence-corrected chi connectivity index (χ0v) is 14.6. The first-order valence-corrected chi connectivity index (χ1v) is 6.97. The molecule has 2 rings (SSSR count). The molecule has 0 amide bonds. The van der Waals surface area contributed by atoms with Crippen molar-refractivity contribution in [3.63, 3.8) is 0 Å². The van der Waals surface area contributed by atoms with Gasteiger partial charge in [-0.05, 0) is 30.7 Å². The highest BCUT2D eigenvalue weighted by Crippen LogP contribution is 2.32. The molecule has 0 radical (unpaired) electrons. The third-order valence-corrected chi connectivity index (χ3v) is 4.16. The van der Waals surface area contributed by atoms with Gasteiger partial charge in [0.2, 0.25) is 0 Å². The van der Waals surface area contributed by atoms with Gasteiger partial charge in [0.05, 0.1) is 5.56 Å². The minimum Gasteiger partial charge on any atom is -0.314 e. The van der Waals surface area contributed by atoms with Crippen molar-refractivity contribution in [1.29, 1.82) is 0 Å². The van der Waals surface area contributed by atoms with Gasteiger partial charge < -0.3 is 5.32 Å². The molecule has 0 saturated carbocycles. The highest BCUT2D eigenvalue weighted by Gasteiger charge is 2.31. The molecule has 0 spiro atoms. The fourth-order valence-electron chi connectivity index (χ4n) is 2.21. The average Bonchev–Trinajstić information content (AvgIpc) is 2.33. The third-order valence-electron chi connectivity index (χ3n) is 3.39. The molecule has 1 fully saturated rings. The highest BCUT2D eigenvalue weighted by molar-refractivity contribution is 9.10. The third kappa shape index (κ3) is 5.60. The minimum absolute atomic E-state index is 0. The van der Waals surface area contributed by atoms with Crippen LogP contribution in [0.4, 0.5) is 13.2 Å². The van der Waals surface area contributed by atoms with Crippen molar-refractivity contribution in [2.24, 2.45) is 0 Å². The van der Waals surface area contributed by atoms with Gasteiger partial charge in [0, 0.05) is 36.7 Å². The molecule has 1 aliphatic heterocycles. The Morgan fingerprint density at radius 2 is 2.00 bits per heavy atom. The highest BCUT2D eigenvalue weighted by atomic mass is 79.9. The predicted octanol–water partition coefficient (Wildman–Crippen LogP) is 4.11. The topological polar surface area (TPSA) is 15.3 Å². The number of piperazine rings is 1. The van der Waals surface area contributed by atoms with Gasteiger partial charge in [-0.25, -0.2) is 0 Å². The normalized spacial score (nSPS) is 19.6. The zero-order valence-electron chi connectivity index (χ0n) is 11.4. The Labute approximate surface area is 143 Å². The van der Waals surface area contributed by atoms with Crippen LogP contribution in [0.3, 0.4) is 0 Å². The van der Waals surface area contributed by atoms with Crippen LogP contribution >= 0.6 is 40.7 Å². The molecule has 8 heteroatoms. The van der Waals surface area contributed by atoms with Gasteiger partial charge in [0.1, 0.15) is 0 Å². The second-order valence-electron chi connectivity index (χ2n) is 4.83. The Kier molecular flexibility index (Phi) is 8.57. The summed E-state index contributed by atoms with van der Waals surface area (Å²) >= 11 is 3.33. The Bertz CT molecular complexity index is 458. The van der Waals surface area contributed by atoms with Crippen molar-refractivity contribution in [3.8, 4) is 0 Å². The molecule has 1 N–H and O–H groups in total. The fourth-order valence-corrected chi connectivity index (χ4v) is 2.58. The largest absolute Gasteiger partial charge is 0.416 e. The fraction of sp³-hybridized carbons (Fsp3) is 0.538. The summed E-state index contributed by atoms with van der Waals surface area (Å²) in [5.41, 5.74) is 0.0945. The van der Waals surface area contributed by atoms with Gasteiger partial charge in [-0.2, -0.15) is 13.2 Å². The average molecular weight is 410 g/mol. The summed E-state index contributed by atoms with van der Waals surface area (Å²) in [6.07, 6.45) is -4.29. The lowest BCUT2D eigenvalue weighted by atomic mass is 10.1. The Balaban J connectivity index is 0.00000200. The van der Waals surface area contributed by atoms with Crippen LogP contribution in [0.5, 0.6) is 0 Å². The van der Waals surface area contributed by atoms with Crippen LogP contribution in [0.2, 0.25) is 0 Å². The summed E-state index contributed by atoms with van der Waals surface area (Å²) in [6, 6.07) is 4.15. The lowest BCUT2D eigenvalue weighted by molar-refractivity contribution is -0.137. The molecule has 0 unspecified atom stereocenters. The molecule has 122 valence electrons. The number of hydrogen-bond acceptors (Lipinski definition) is 2. The van der Waals surface area contributed by atoms with E-state index in [0.717, 1.165) is 30.2 Å². The van der Waals surface area contributed by atoms with Crippen LogP contribution in [0, 0.1) is 0 Å². The zero-order chi connectivity index (χ0) is 14.0. The summed E-state index contributed by atoms with van der Waals surface area (Å²) in [6.45, 7) is 5.21. The van der Waals surface area contributed by atoms with Gasteiger partial charge in [-0.15, -0.1) is 24.8 Å². The van der Waals surface area contributed by atoms with Crippen LogP contribution in [0.25, 0.3) is 0 Å². The number of hydrogen-bond donors (Lipinski definition) is 1. The van der Waals surface area contributed by atoms with Crippen molar-refractivity contribution < 1.29 is 13.2 Å². The van der Waals surface area contributed by atoms with Crippen LogP contribution < -0.4 is 5.32 Å². The molecule has 1 aromatic rings. The summed E-state index contributed by atoms with van der Waals surface area (Å²) in [5.74, 6) is 0. The van der Waals surface area contributed by atoms with E-state index >= 15 is 0 Å². The number of rotatable bonds is 2. The van der Waals surface area contributed by atoms with E-state index in [0.29, 0.717) is 18.2 Å². The summed E-state index contributed by atoms with van der Waals surface area (Å²) < 4.78 is 38.9. The van der Waals surface area contributed by atoms with Crippen molar-refractivity contribution >= 4 is 40.7 Å². The molecule has 21 heavy (non-hydrogen) atoms. The van der Waals surface area contributed by atoms with E-state index in [-0.39, 0.29) is 24.8 Å². The van der Waals surface area contributed by atoms with Crippen LogP contribution in [0.15, 0.2) is 22.7 Å². The van der Waals surface area contributed by atoms with E-state index in [1.807, 2.05) is 0 Å². The predicted molar refractivity (Wildman–Crippen MR) is 86.4 cm³/mol. The SMILES string of the molecule is C[C@H]1CNCCN1Cc1cc(C(F)(F)F)ccc1Br.Cl.Cl. The van der Waals surface area contributed by atoms with Gasteiger partial charge >= 0.3 is 6.18 Å². The molecule has 1 atom stereocenters. The van der Waals surface area contributed by atoms with Crippen molar-refractivity contribution in [3.05, 3.63) is 33.8 Å². The van der Waals surface area contributed by atoms with E-state index in [1.165, 1.54) is 12.1 Å². The van der Waals surface area contributed by atoms with Crippen molar-refractivity contribution in [2.45, 2.75) is 25.7 Å². The number of benzene rings is 1. The molecule has 1 saturated heterocycles. The molecule has 1 aromatic carbocycles. The van der Waals surface area contributed by atoms with Crippen LogP contribution in [0.1, 0.15) is 18.1 Å².